The molecule has 0 spiro atoms. The van der Waals surface area contributed by atoms with Crippen LogP contribution in [0.5, 0.6) is 0 Å². The fraction of sp³-hybridized carbons (Fsp3) is 0.800. The van der Waals surface area contributed by atoms with E-state index in [-0.39, 0.29) is 24.0 Å². The van der Waals surface area contributed by atoms with Gasteiger partial charge in [0.25, 0.3) is 0 Å². The van der Waals surface area contributed by atoms with Crippen LogP contribution in [0.3, 0.4) is 0 Å². The standard InChI is InChI=1S/C20H37N5O.HI/c1-6-17(7-2)19-12-18(26-24-19)14-23-20(21-5)22-13-16(4)25-11-9-8-10-15(25)3;/h12,15-17H,6-11,13-14H2,1-5H3,(H2,21,22,23);1H. The van der Waals surface area contributed by atoms with Gasteiger partial charge in [0.2, 0.25) is 0 Å². The summed E-state index contributed by atoms with van der Waals surface area (Å²) in [4.78, 5) is 6.93. The number of nitrogens with one attached hydrogen (secondary N) is 2. The van der Waals surface area contributed by atoms with E-state index < -0.39 is 0 Å². The first kappa shape index (κ1) is 24.2. The third-order valence-electron chi connectivity index (χ3n) is 5.62. The molecule has 7 heteroatoms. The number of nitrogens with zero attached hydrogens (tertiary/aromatic N) is 3. The van der Waals surface area contributed by atoms with Crippen molar-refractivity contribution in [3.8, 4) is 0 Å². The average Bonchev–Trinajstić information content (AvgIpc) is 3.12. The molecule has 0 bridgehead atoms. The zero-order valence-corrected chi connectivity index (χ0v) is 20.0. The summed E-state index contributed by atoms with van der Waals surface area (Å²) in [6, 6.07) is 3.24. The van der Waals surface area contributed by atoms with Crippen molar-refractivity contribution in [3.63, 3.8) is 0 Å². The zero-order valence-electron chi connectivity index (χ0n) is 17.6. The summed E-state index contributed by atoms with van der Waals surface area (Å²) in [6.45, 7) is 11.7. The largest absolute Gasteiger partial charge is 0.359 e. The van der Waals surface area contributed by atoms with Crippen LogP contribution in [-0.2, 0) is 6.54 Å². The van der Waals surface area contributed by atoms with Crippen molar-refractivity contribution in [2.45, 2.75) is 84.3 Å². The Labute approximate surface area is 181 Å². The summed E-state index contributed by atoms with van der Waals surface area (Å²) in [6.07, 6.45) is 6.16. The van der Waals surface area contributed by atoms with Crippen molar-refractivity contribution in [1.82, 2.24) is 20.7 Å². The van der Waals surface area contributed by atoms with Gasteiger partial charge < -0.3 is 15.2 Å². The van der Waals surface area contributed by atoms with Crippen LogP contribution < -0.4 is 10.6 Å². The van der Waals surface area contributed by atoms with Crippen LogP contribution in [0.1, 0.15) is 77.2 Å². The molecule has 2 rings (SSSR count). The van der Waals surface area contributed by atoms with Gasteiger partial charge in [-0.2, -0.15) is 0 Å². The molecule has 2 unspecified atom stereocenters. The maximum atomic E-state index is 5.48. The van der Waals surface area contributed by atoms with E-state index in [2.05, 4.69) is 59.4 Å². The van der Waals surface area contributed by atoms with Crippen molar-refractivity contribution in [3.05, 3.63) is 17.5 Å². The zero-order chi connectivity index (χ0) is 18.9. The van der Waals surface area contributed by atoms with E-state index in [4.69, 9.17) is 4.52 Å². The van der Waals surface area contributed by atoms with Crippen molar-refractivity contribution < 1.29 is 4.52 Å². The van der Waals surface area contributed by atoms with Crippen molar-refractivity contribution >= 4 is 29.9 Å². The molecule has 0 aromatic carbocycles. The van der Waals surface area contributed by atoms with Gasteiger partial charge >= 0.3 is 0 Å². The van der Waals surface area contributed by atoms with Gasteiger partial charge in [-0.05, 0) is 46.1 Å². The molecule has 1 aromatic heterocycles. The second-order valence-electron chi connectivity index (χ2n) is 7.47. The summed E-state index contributed by atoms with van der Waals surface area (Å²) in [5.41, 5.74) is 1.06. The Morgan fingerprint density at radius 3 is 2.70 bits per heavy atom. The van der Waals surface area contributed by atoms with Crippen molar-refractivity contribution in [2.75, 3.05) is 20.1 Å². The Balaban J connectivity index is 0.00000364. The molecule has 1 saturated heterocycles. The number of hydrogen-bond acceptors (Lipinski definition) is 4. The van der Waals surface area contributed by atoms with Crippen LogP contribution >= 0.6 is 24.0 Å². The van der Waals surface area contributed by atoms with Gasteiger partial charge in [-0.3, -0.25) is 9.89 Å². The van der Waals surface area contributed by atoms with Gasteiger partial charge in [0.05, 0.1) is 12.2 Å². The molecular formula is C20H38IN5O. The normalized spacial score (nSPS) is 19.6. The molecular weight excluding hydrogens is 453 g/mol. The number of aromatic nitrogens is 1. The monoisotopic (exact) mass is 491 g/mol. The Hall–Kier alpha value is -0.830. The fourth-order valence-electron chi connectivity index (χ4n) is 3.84. The molecule has 27 heavy (non-hydrogen) atoms. The van der Waals surface area contributed by atoms with Crippen LogP contribution in [0.2, 0.25) is 0 Å². The Morgan fingerprint density at radius 1 is 1.33 bits per heavy atom. The number of likely N-dealkylation sites (tertiary alicyclic amines) is 1. The van der Waals surface area contributed by atoms with Crippen LogP contribution in [-0.4, -0.2) is 48.2 Å². The Morgan fingerprint density at radius 2 is 2.07 bits per heavy atom. The summed E-state index contributed by atoms with van der Waals surface area (Å²) >= 11 is 0. The summed E-state index contributed by atoms with van der Waals surface area (Å²) < 4.78 is 5.48. The minimum Gasteiger partial charge on any atom is -0.359 e. The maximum absolute atomic E-state index is 5.48. The molecule has 0 saturated carbocycles. The highest BCUT2D eigenvalue weighted by atomic mass is 127. The fourth-order valence-corrected chi connectivity index (χ4v) is 3.84. The Bertz CT molecular complexity index is 558. The van der Waals surface area contributed by atoms with Gasteiger partial charge in [0.1, 0.15) is 0 Å². The average molecular weight is 491 g/mol. The van der Waals surface area contributed by atoms with Gasteiger partial charge in [0, 0.05) is 37.7 Å². The molecule has 0 amide bonds. The van der Waals surface area contributed by atoms with E-state index in [1.165, 1.54) is 25.8 Å². The molecule has 0 radical (unpaired) electrons. The van der Waals surface area contributed by atoms with E-state index in [0.717, 1.165) is 36.8 Å². The number of aliphatic imine (C=N–C) groups is 1. The minimum absolute atomic E-state index is 0. The van der Waals surface area contributed by atoms with Crippen LogP contribution in [0.25, 0.3) is 0 Å². The predicted octanol–water partition coefficient (Wildman–Crippen LogP) is 4.12. The van der Waals surface area contributed by atoms with Crippen LogP contribution in [0, 0.1) is 0 Å². The number of halogens is 1. The topological polar surface area (TPSA) is 65.7 Å². The van der Waals surface area contributed by atoms with Crippen LogP contribution in [0.15, 0.2) is 15.6 Å². The highest BCUT2D eigenvalue weighted by Crippen LogP contribution is 2.22. The highest BCUT2D eigenvalue weighted by molar-refractivity contribution is 14.0. The van der Waals surface area contributed by atoms with E-state index in [9.17, 15) is 0 Å². The molecule has 0 aliphatic carbocycles. The highest BCUT2D eigenvalue weighted by Gasteiger charge is 2.23. The molecule has 1 aliphatic heterocycles. The molecule has 1 fully saturated rings. The molecule has 6 nitrogen and oxygen atoms in total. The molecule has 1 aromatic rings. The van der Waals surface area contributed by atoms with E-state index >= 15 is 0 Å². The molecule has 2 N–H and O–H groups in total. The molecule has 156 valence electrons. The SMILES string of the molecule is CCC(CC)c1cc(CNC(=NC)NCC(C)N2CCCCC2C)on1.I. The molecule has 2 heterocycles. The quantitative estimate of drug-likeness (QED) is 0.325. The second kappa shape index (κ2) is 12.6. The van der Waals surface area contributed by atoms with Crippen LogP contribution in [0.4, 0.5) is 0 Å². The van der Waals surface area contributed by atoms with E-state index in [1.54, 1.807) is 7.05 Å². The predicted molar refractivity (Wildman–Crippen MR) is 123 cm³/mol. The maximum Gasteiger partial charge on any atom is 0.191 e. The van der Waals surface area contributed by atoms with Crippen molar-refractivity contribution in [1.29, 1.82) is 0 Å². The third-order valence-corrected chi connectivity index (χ3v) is 5.62. The van der Waals surface area contributed by atoms with E-state index in [1.807, 2.05) is 0 Å². The lowest BCUT2D eigenvalue weighted by Crippen LogP contribution is -2.50. The number of piperidine rings is 1. The first-order valence-electron chi connectivity index (χ1n) is 10.2. The summed E-state index contributed by atoms with van der Waals surface area (Å²) in [5, 5.41) is 11.0. The molecule has 1 aliphatic rings. The molecule has 2 atom stereocenters. The Kier molecular flexibility index (Phi) is 11.3. The summed E-state index contributed by atoms with van der Waals surface area (Å²) in [5.74, 6) is 2.15. The van der Waals surface area contributed by atoms with Gasteiger partial charge in [0.15, 0.2) is 11.7 Å². The lowest BCUT2D eigenvalue weighted by molar-refractivity contribution is 0.115. The first-order valence-corrected chi connectivity index (χ1v) is 10.2. The van der Waals surface area contributed by atoms with Gasteiger partial charge in [-0.25, -0.2) is 0 Å². The number of hydrogen-bond donors (Lipinski definition) is 2. The smallest absolute Gasteiger partial charge is 0.191 e. The number of rotatable bonds is 8. The third kappa shape index (κ3) is 7.25. The van der Waals surface area contributed by atoms with E-state index in [0.29, 0.717) is 24.5 Å². The second-order valence-corrected chi connectivity index (χ2v) is 7.47. The lowest BCUT2D eigenvalue weighted by Gasteiger charge is -2.38. The first-order chi connectivity index (χ1) is 12.6. The summed E-state index contributed by atoms with van der Waals surface area (Å²) in [7, 11) is 1.81. The minimum atomic E-state index is 0. The van der Waals surface area contributed by atoms with Gasteiger partial charge in [-0.1, -0.05) is 25.4 Å². The number of guanidine groups is 1. The lowest BCUT2D eigenvalue weighted by atomic mass is 9.99. The van der Waals surface area contributed by atoms with Crippen molar-refractivity contribution in [2.24, 2.45) is 4.99 Å². The van der Waals surface area contributed by atoms with Gasteiger partial charge in [-0.15, -0.1) is 24.0 Å².